The molecule has 7 nitrogen and oxygen atoms in total. The van der Waals surface area contributed by atoms with E-state index < -0.39 is 24.8 Å². The molecule has 0 aromatic rings. The van der Waals surface area contributed by atoms with Crippen LogP contribution in [0.4, 0.5) is 4.79 Å². The van der Waals surface area contributed by atoms with Crippen molar-refractivity contribution in [1.82, 2.24) is 0 Å². The van der Waals surface area contributed by atoms with Gasteiger partial charge in [0.2, 0.25) is 0 Å². The molecule has 0 radical (unpaired) electrons. The SMILES string of the molecule is O=C(P(=O)(O)OC(Cl)(Cl)Cl)[P+](O)(O)O. The maximum atomic E-state index is 10.9. The van der Waals surface area contributed by atoms with Crippen LogP contribution in [-0.2, 0) is 9.09 Å². The van der Waals surface area contributed by atoms with Crippen molar-refractivity contribution in [2.45, 2.75) is 3.98 Å². The molecule has 0 bridgehead atoms. The summed E-state index contributed by atoms with van der Waals surface area (Å²) in [5.41, 5.74) is 0. The Morgan fingerprint density at radius 3 is 1.86 bits per heavy atom. The highest BCUT2D eigenvalue weighted by Gasteiger charge is 2.58. The molecule has 0 fully saturated rings. The molecule has 0 heterocycles. The van der Waals surface area contributed by atoms with Crippen LogP contribution in [0.3, 0.4) is 0 Å². The molecule has 1 unspecified atom stereocenters. The fraction of sp³-hybridized carbons (Fsp3) is 0.500. The standard InChI is InChI=1S/C2H3Cl3O7P2/c3-2(4,5)12-14(10,11)1(6)13(7,8)9/h7-9H/p+1. The van der Waals surface area contributed by atoms with Gasteiger partial charge in [0.15, 0.2) is 0 Å². The van der Waals surface area contributed by atoms with E-state index in [4.69, 9.17) is 54.4 Å². The minimum absolute atomic E-state index is 2.23. The lowest BCUT2D eigenvalue weighted by molar-refractivity contribution is 0.231. The third-order valence-corrected chi connectivity index (χ3v) is 4.36. The molecule has 0 saturated heterocycles. The van der Waals surface area contributed by atoms with Gasteiger partial charge in [0.1, 0.15) is 0 Å². The molecule has 84 valence electrons. The van der Waals surface area contributed by atoms with E-state index in [0.29, 0.717) is 0 Å². The summed E-state index contributed by atoms with van der Waals surface area (Å²) < 4.78 is 11.9. The summed E-state index contributed by atoms with van der Waals surface area (Å²) in [6, 6.07) is 0. The highest BCUT2D eigenvalue weighted by molar-refractivity contribution is 8.00. The van der Waals surface area contributed by atoms with Crippen LogP contribution in [0.15, 0.2) is 0 Å². The van der Waals surface area contributed by atoms with Crippen molar-refractivity contribution >= 4 is 55.6 Å². The van der Waals surface area contributed by atoms with Crippen molar-refractivity contribution in [3.05, 3.63) is 0 Å². The Bertz CT molecular complexity index is 278. The van der Waals surface area contributed by atoms with Crippen LogP contribution >= 0.6 is 50.3 Å². The first-order valence-corrected chi connectivity index (χ1v) is 6.95. The first kappa shape index (κ1) is 15.0. The second kappa shape index (κ2) is 4.47. The third kappa shape index (κ3) is 5.19. The lowest BCUT2D eigenvalue weighted by Crippen LogP contribution is -2.13. The van der Waals surface area contributed by atoms with Gasteiger partial charge in [-0.2, -0.15) is 14.7 Å². The van der Waals surface area contributed by atoms with E-state index in [1.54, 1.807) is 0 Å². The van der Waals surface area contributed by atoms with E-state index in [2.05, 4.69) is 4.52 Å². The second-order valence-corrected chi connectivity index (χ2v) is 7.61. The van der Waals surface area contributed by atoms with E-state index in [0.717, 1.165) is 0 Å². The van der Waals surface area contributed by atoms with Crippen LogP contribution < -0.4 is 0 Å². The molecule has 0 amide bonds. The Morgan fingerprint density at radius 1 is 1.29 bits per heavy atom. The van der Waals surface area contributed by atoms with Crippen LogP contribution in [0, 0.1) is 0 Å². The monoisotopic (exact) mass is 307 g/mol. The molecule has 14 heavy (non-hydrogen) atoms. The Balaban J connectivity index is 4.83. The van der Waals surface area contributed by atoms with Gasteiger partial charge in [-0.1, -0.05) is 34.8 Å². The third-order valence-electron chi connectivity index (χ3n) is 0.726. The fourth-order valence-corrected chi connectivity index (χ4v) is 3.03. The van der Waals surface area contributed by atoms with Crippen molar-refractivity contribution in [2.24, 2.45) is 0 Å². The fourth-order valence-electron chi connectivity index (χ4n) is 0.349. The van der Waals surface area contributed by atoms with E-state index >= 15 is 0 Å². The van der Waals surface area contributed by atoms with Crippen molar-refractivity contribution in [2.75, 3.05) is 0 Å². The van der Waals surface area contributed by atoms with Gasteiger partial charge in [-0.3, -0.25) is 0 Å². The number of hydrogen-bond acceptors (Lipinski definition) is 6. The van der Waals surface area contributed by atoms with Crippen molar-refractivity contribution in [3.8, 4) is 0 Å². The molecule has 0 spiro atoms. The molecular formula is C2H4Cl3O7P2+. The van der Waals surface area contributed by atoms with Crippen LogP contribution in [-0.4, -0.2) is 28.8 Å². The van der Waals surface area contributed by atoms with E-state index in [1.165, 1.54) is 0 Å². The van der Waals surface area contributed by atoms with Gasteiger partial charge >= 0.3 is 24.8 Å². The van der Waals surface area contributed by atoms with E-state index in [-0.39, 0.29) is 0 Å². The molecule has 12 heteroatoms. The zero-order valence-electron chi connectivity index (χ0n) is 6.04. The zero-order chi connectivity index (χ0) is 11.8. The minimum Gasteiger partial charge on any atom is -0.316 e. The normalized spacial score (nSPS) is 17.6. The topological polar surface area (TPSA) is 124 Å². The molecule has 0 rings (SSSR count). The number of alkyl halides is 3. The van der Waals surface area contributed by atoms with Crippen LogP contribution in [0.25, 0.3) is 0 Å². The lowest BCUT2D eigenvalue weighted by Gasteiger charge is -2.14. The van der Waals surface area contributed by atoms with Gasteiger partial charge in [-0.05, 0) is 0 Å². The number of carbonyl (C=O) groups is 1. The molecule has 0 aromatic carbocycles. The molecule has 0 aliphatic heterocycles. The maximum absolute atomic E-state index is 10.9. The number of carbonyl (C=O) groups excluding carboxylic acids is 1. The van der Waals surface area contributed by atoms with E-state index in [1.807, 2.05) is 0 Å². The summed E-state index contributed by atoms with van der Waals surface area (Å²) in [5.74, 6) is 0. The maximum Gasteiger partial charge on any atom is 0.492 e. The van der Waals surface area contributed by atoms with Crippen LogP contribution in [0.5, 0.6) is 0 Å². The first-order valence-electron chi connectivity index (χ1n) is 2.59. The molecule has 4 N–H and O–H groups in total. The zero-order valence-corrected chi connectivity index (χ0v) is 10.1. The van der Waals surface area contributed by atoms with Crippen molar-refractivity contribution in [3.63, 3.8) is 0 Å². The molecule has 1 atom stereocenters. The Hall–Kier alpha value is 1.000. The van der Waals surface area contributed by atoms with Gasteiger partial charge in [-0.25, -0.2) is 13.9 Å². The minimum atomic E-state index is -5.26. The van der Waals surface area contributed by atoms with Gasteiger partial charge < -0.3 is 4.89 Å². The first-order chi connectivity index (χ1) is 5.86. The summed E-state index contributed by atoms with van der Waals surface area (Å²) in [4.78, 5) is 44.4. The summed E-state index contributed by atoms with van der Waals surface area (Å²) >= 11 is 14.7. The second-order valence-electron chi connectivity index (χ2n) is 1.91. The summed E-state index contributed by atoms with van der Waals surface area (Å²) in [6.07, 6.45) is 0. The molecule has 0 aromatic heterocycles. The van der Waals surface area contributed by atoms with Crippen molar-refractivity contribution < 1.29 is 33.5 Å². The average molecular weight is 308 g/mol. The molecular weight excluding hydrogens is 304 g/mol. The largest absolute Gasteiger partial charge is 0.492 e. The van der Waals surface area contributed by atoms with Gasteiger partial charge in [0.25, 0.3) is 0 Å². The van der Waals surface area contributed by atoms with E-state index in [9.17, 15) is 9.36 Å². The highest BCUT2D eigenvalue weighted by atomic mass is 35.6. The Labute approximate surface area is 93.3 Å². The quantitative estimate of drug-likeness (QED) is 0.458. The summed E-state index contributed by atoms with van der Waals surface area (Å²) in [6.45, 7) is 0. The lowest BCUT2D eigenvalue weighted by atomic mass is 11.7. The van der Waals surface area contributed by atoms with Gasteiger partial charge in [-0.15, -0.1) is 0 Å². The van der Waals surface area contributed by atoms with Crippen LogP contribution in [0.1, 0.15) is 0 Å². The van der Waals surface area contributed by atoms with Crippen LogP contribution in [0.2, 0.25) is 0 Å². The molecule has 0 aliphatic rings. The van der Waals surface area contributed by atoms with Gasteiger partial charge in [0, 0.05) is 0 Å². The number of hydrogen-bond donors (Lipinski definition) is 4. The number of halogens is 3. The average Bonchev–Trinajstić information content (AvgIpc) is 1.78. The number of rotatable bonds is 3. The highest BCUT2D eigenvalue weighted by Crippen LogP contribution is 2.64. The molecule has 0 aliphatic carbocycles. The van der Waals surface area contributed by atoms with Gasteiger partial charge in [0.05, 0.1) is 0 Å². The Morgan fingerprint density at radius 2 is 1.64 bits per heavy atom. The predicted molar refractivity (Wildman–Crippen MR) is 50.2 cm³/mol. The Kier molecular flexibility index (Phi) is 4.79. The molecule has 0 saturated carbocycles. The predicted octanol–water partition coefficient (Wildman–Crippen LogP) is 1.38. The summed E-state index contributed by atoms with van der Waals surface area (Å²) in [7, 11) is -10.4. The summed E-state index contributed by atoms with van der Waals surface area (Å²) in [5, 5.41) is -2.23. The van der Waals surface area contributed by atoms with Crippen molar-refractivity contribution in [1.29, 1.82) is 0 Å². The smallest absolute Gasteiger partial charge is 0.316 e.